The molecule has 0 saturated carbocycles. The Labute approximate surface area is 106 Å². The van der Waals surface area contributed by atoms with Gasteiger partial charge in [-0.3, -0.25) is 0 Å². The normalized spacial score (nSPS) is 12.9. The van der Waals surface area contributed by atoms with E-state index in [9.17, 15) is 0 Å². The molecule has 0 fully saturated rings. The van der Waals surface area contributed by atoms with Crippen molar-refractivity contribution < 1.29 is 0 Å². The minimum Gasteiger partial charge on any atom is -0.334 e. The Hall–Kier alpha value is -0.830. The summed E-state index contributed by atoms with van der Waals surface area (Å²) >= 11 is 0. The van der Waals surface area contributed by atoms with Crippen molar-refractivity contribution in [2.75, 3.05) is 0 Å². The first-order valence-corrected chi connectivity index (χ1v) is 7.04. The smallest absolute Gasteiger partial charge is 0.0948 e. The molecule has 0 saturated heterocycles. The quantitative estimate of drug-likeness (QED) is 0.714. The fourth-order valence-electron chi connectivity index (χ4n) is 2.18. The molecule has 3 nitrogen and oxygen atoms in total. The van der Waals surface area contributed by atoms with Crippen LogP contribution in [-0.4, -0.2) is 15.6 Å². The third kappa shape index (κ3) is 4.90. The van der Waals surface area contributed by atoms with Crippen LogP contribution in [0, 0.1) is 0 Å². The van der Waals surface area contributed by atoms with Crippen molar-refractivity contribution in [1.29, 1.82) is 0 Å². The van der Waals surface area contributed by atoms with Crippen LogP contribution in [0.5, 0.6) is 0 Å². The molecule has 1 unspecified atom stereocenters. The molecule has 0 aliphatic carbocycles. The first kappa shape index (κ1) is 14.2. The first-order valence-electron chi connectivity index (χ1n) is 7.04. The maximum atomic E-state index is 4.20. The second-order valence-electron chi connectivity index (χ2n) is 4.68. The fraction of sp³-hybridized carbons (Fsp3) is 0.786. The largest absolute Gasteiger partial charge is 0.334 e. The number of hydrogen-bond acceptors (Lipinski definition) is 2. The SMILES string of the molecule is CCCCC(CCC)NCc1cncn1CC. The lowest BCUT2D eigenvalue weighted by molar-refractivity contribution is 0.427. The van der Waals surface area contributed by atoms with E-state index < -0.39 is 0 Å². The van der Waals surface area contributed by atoms with Gasteiger partial charge >= 0.3 is 0 Å². The van der Waals surface area contributed by atoms with Gasteiger partial charge in [0.05, 0.1) is 12.0 Å². The molecule has 0 aromatic carbocycles. The first-order chi connectivity index (χ1) is 8.31. The van der Waals surface area contributed by atoms with Crippen LogP contribution in [0.25, 0.3) is 0 Å². The van der Waals surface area contributed by atoms with Crippen LogP contribution in [0.1, 0.15) is 58.6 Å². The zero-order valence-corrected chi connectivity index (χ0v) is 11.6. The Bertz CT molecular complexity index is 293. The molecule has 3 heteroatoms. The van der Waals surface area contributed by atoms with E-state index in [4.69, 9.17) is 0 Å². The maximum absolute atomic E-state index is 4.20. The fourth-order valence-corrected chi connectivity index (χ4v) is 2.18. The molecule has 1 rings (SSSR count). The van der Waals surface area contributed by atoms with Crippen molar-refractivity contribution in [1.82, 2.24) is 14.9 Å². The molecule has 0 aliphatic heterocycles. The number of nitrogens with one attached hydrogen (secondary N) is 1. The van der Waals surface area contributed by atoms with Crippen LogP contribution in [0.15, 0.2) is 12.5 Å². The highest BCUT2D eigenvalue weighted by Crippen LogP contribution is 2.08. The van der Waals surface area contributed by atoms with Gasteiger partial charge in [0, 0.05) is 25.3 Å². The van der Waals surface area contributed by atoms with Crippen molar-refractivity contribution in [2.45, 2.75) is 72.0 Å². The van der Waals surface area contributed by atoms with E-state index in [2.05, 4.69) is 35.6 Å². The minimum atomic E-state index is 0.667. The maximum Gasteiger partial charge on any atom is 0.0948 e. The van der Waals surface area contributed by atoms with E-state index >= 15 is 0 Å². The zero-order valence-electron chi connectivity index (χ0n) is 11.6. The summed E-state index contributed by atoms with van der Waals surface area (Å²) in [4.78, 5) is 4.20. The van der Waals surface area contributed by atoms with Crippen LogP contribution in [0.2, 0.25) is 0 Å². The Morgan fingerprint density at radius 1 is 1.24 bits per heavy atom. The summed E-state index contributed by atoms with van der Waals surface area (Å²) in [5.41, 5.74) is 1.30. The highest BCUT2D eigenvalue weighted by atomic mass is 15.1. The van der Waals surface area contributed by atoms with Gasteiger partial charge in [-0.15, -0.1) is 0 Å². The van der Waals surface area contributed by atoms with Crippen molar-refractivity contribution >= 4 is 0 Å². The van der Waals surface area contributed by atoms with Gasteiger partial charge < -0.3 is 9.88 Å². The molecule has 1 aromatic rings. The number of imidazole rings is 1. The number of nitrogens with zero attached hydrogens (tertiary/aromatic N) is 2. The van der Waals surface area contributed by atoms with E-state index in [1.54, 1.807) is 0 Å². The number of aryl methyl sites for hydroxylation is 1. The molecule has 0 spiro atoms. The molecule has 98 valence electrons. The highest BCUT2D eigenvalue weighted by Gasteiger charge is 2.08. The molecular weight excluding hydrogens is 210 g/mol. The summed E-state index contributed by atoms with van der Waals surface area (Å²) in [6, 6.07) is 0.667. The standard InChI is InChI=1S/C14H27N3/c1-4-7-9-13(8-5-2)16-11-14-10-15-12-17(14)6-3/h10,12-13,16H,4-9,11H2,1-3H3. The van der Waals surface area contributed by atoms with Gasteiger partial charge in [0.25, 0.3) is 0 Å². The molecule has 0 radical (unpaired) electrons. The van der Waals surface area contributed by atoms with Crippen LogP contribution in [0.3, 0.4) is 0 Å². The van der Waals surface area contributed by atoms with Gasteiger partial charge in [0.1, 0.15) is 0 Å². The Morgan fingerprint density at radius 3 is 2.71 bits per heavy atom. The molecule has 1 atom stereocenters. The second-order valence-corrected chi connectivity index (χ2v) is 4.68. The molecular formula is C14H27N3. The number of unbranched alkanes of at least 4 members (excludes halogenated alkanes) is 1. The molecule has 17 heavy (non-hydrogen) atoms. The van der Waals surface area contributed by atoms with Crippen LogP contribution in [-0.2, 0) is 13.1 Å². The zero-order chi connectivity index (χ0) is 12.5. The van der Waals surface area contributed by atoms with Crippen molar-refractivity contribution in [3.63, 3.8) is 0 Å². The summed E-state index contributed by atoms with van der Waals surface area (Å²) < 4.78 is 2.20. The van der Waals surface area contributed by atoms with Gasteiger partial charge in [-0.1, -0.05) is 33.1 Å². The number of aromatic nitrogens is 2. The van der Waals surface area contributed by atoms with Crippen molar-refractivity contribution in [3.8, 4) is 0 Å². The van der Waals surface area contributed by atoms with Crippen LogP contribution in [0.4, 0.5) is 0 Å². The van der Waals surface area contributed by atoms with Crippen LogP contribution >= 0.6 is 0 Å². The average Bonchev–Trinajstić information content (AvgIpc) is 2.80. The molecule has 1 aromatic heterocycles. The Kier molecular flexibility index (Phi) is 6.94. The summed E-state index contributed by atoms with van der Waals surface area (Å²) in [6.07, 6.45) is 10.3. The van der Waals surface area contributed by atoms with E-state index in [1.165, 1.54) is 37.8 Å². The average molecular weight is 237 g/mol. The van der Waals surface area contributed by atoms with E-state index in [1.807, 2.05) is 12.5 Å². The van der Waals surface area contributed by atoms with Crippen LogP contribution < -0.4 is 5.32 Å². The summed E-state index contributed by atoms with van der Waals surface area (Å²) in [5, 5.41) is 3.67. The van der Waals surface area contributed by atoms with Crippen molar-refractivity contribution in [2.24, 2.45) is 0 Å². The lowest BCUT2D eigenvalue weighted by atomic mass is 10.1. The second kappa shape index (κ2) is 8.29. The topological polar surface area (TPSA) is 29.9 Å². The third-order valence-electron chi connectivity index (χ3n) is 3.25. The lowest BCUT2D eigenvalue weighted by Gasteiger charge is -2.18. The number of rotatable bonds is 9. The monoisotopic (exact) mass is 237 g/mol. The molecule has 0 bridgehead atoms. The van der Waals surface area contributed by atoms with Crippen molar-refractivity contribution in [3.05, 3.63) is 18.2 Å². The van der Waals surface area contributed by atoms with Gasteiger partial charge in [0.2, 0.25) is 0 Å². The predicted octanol–water partition coefficient (Wildman–Crippen LogP) is 3.35. The number of hydrogen-bond donors (Lipinski definition) is 1. The minimum absolute atomic E-state index is 0.667. The predicted molar refractivity (Wildman–Crippen MR) is 73.0 cm³/mol. The van der Waals surface area contributed by atoms with Gasteiger partial charge in [-0.2, -0.15) is 0 Å². The highest BCUT2D eigenvalue weighted by molar-refractivity contribution is 4.98. The van der Waals surface area contributed by atoms with E-state index in [0.29, 0.717) is 6.04 Å². The summed E-state index contributed by atoms with van der Waals surface area (Å²) in [5.74, 6) is 0. The van der Waals surface area contributed by atoms with Gasteiger partial charge in [-0.25, -0.2) is 4.98 Å². The molecule has 0 aliphatic rings. The molecule has 0 amide bonds. The van der Waals surface area contributed by atoms with Gasteiger partial charge in [-0.05, 0) is 19.8 Å². The van der Waals surface area contributed by atoms with Gasteiger partial charge in [0.15, 0.2) is 0 Å². The van der Waals surface area contributed by atoms with E-state index in [-0.39, 0.29) is 0 Å². The summed E-state index contributed by atoms with van der Waals surface area (Å²) in [6.45, 7) is 8.63. The van der Waals surface area contributed by atoms with E-state index in [0.717, 1.165) is 13.1 Å². The third-order valence-corrected chi connectivity index (χ3v) is 3.25. The lowest BCUT2D eigenvalue weighted by Crippen LogP contribution is -2.29. The Balaban J connectivity index is 2.39. The molecule has 1 N–H and O–H groups in total. The Morgan fingerprint density at radius 2 is 2.06 bits per heavy atom. The molecule has 1 heterocycles. The summed E-state index contributed by atoms with van der Waals surface area (Å²) in [7, 11) is 0.